The third-order valence-corrected chi connectivity index (χ3v) is 3.30. The number of halogens is 1. The largest absolute Gasteiger partial charge is 0.381 e. The smallest absolute Gasteiger partial charge is 0.123 e. The number of hydrogen-bond donors (Lipinski definition) is 1. The SMILES string of the molecule is Cc1cc(F)ccc1NCc1c(C)nn(C)c1C. The van der Waals surface area contributed by atoms with E-state index in [2.05, 4.69) is 17.3 Å². The highest BCUT2D eigenvalue weighted by atomic mass is 19.1. The van der Waals surface area contributed by atoms with Gasteiger partial charge in [0.1, 0.15) is 5.82 Å². The Hall–Kier alpha value is -1.84. The van der Waals surface area contributed by atoms with Crippen LogP contribution in [0, 0.1) is 26.6 Å². The lowest BCUT2D eigenvalue weighted by Gasteiger charge is -2.10. The fraction of sp³-hybridized carbons (Fsp3) is 0.357. The summed E-state index contributed by atoms with van der Waals surface area (Å²) in [6, 6.07) is 4.77. The number of hydrogen-bond acceptors (Lipinski definition) is 2. The van der Waals surface area contributed by atoms with E-state index in [1.807, 2.05) is 25.6 Å². The molecule has 0 aliphatic carbocycles. The summed E-state index contributed by atoms with van der Waals surface area (Å²) in [7, 11) is 1.94. The minimum atomic E-state index is -0.202. The summed E-state index contributed by atoms with van der Waals surface area (Å²) in [4.78, 5) is 0. The van der Waals surface area contributed by atoms with Gasteiger partial charge in [-0.1, -0.05) is 0 Å². The number of anilines is 1. The molecule has 1 aromatic carbocycles. The second-order valence-corrected chi connectivity index (χ2v) is 4.59. The summed E-state index contributed by atoms with van der Waals surface area (Å²) in [6.45, 7) is 6.66. The number of nitrogens with one attached hydrogen (secondary N) is 1. The summed E-state index contributed by atoms with van der Waals surface area (Å²) in [5.41, 5.74) is 5.25. The van der Waals surface area contributed by atoms with Gasteiger partial charge in [0.25, 0.3) is 0 Å². The van der Waals surface area contributed by atoms with E-state index in [1.165, 1.54) is 17.7 Å². The third-order valence-electron chi connectivity index (χ3n) is 3.30. The molecular formula is C14H18FN3. The Bertz CT molecular complexity index is 573. The van der Waals surface area contributed by atoms with Crippen molar-refractivity contribution in [1.82, 2.24) is 9.78 Å². The van der Waals surface area contributed by atoms with Gasteiger partial charge in [-0.2, -0.15) is 5.10 Å². The highest BCUT2D eigenvalue weighted by molar-refractivity contribution is 5.51. The lowest BCUT2D eigenvalue weighted by Crippen LogP contribution is -2.03. The first-order valence-corrected chi connectivity index (χ1v) is 5.98. The van der Waals surface area contributed by atoms with E-state index in [0.29, 0.717) is 6.54 Å². The van der Waals surface area contributed by atoms with Gasteiger partial charge in [-0.15, -0.1) is 0 Å². The van der Waals surface area contributed by atoms with Crippen LogP contribution in [-0.2, 0) is 13.6 Å². The second kappa shape index (κ2) is 4.80. The van der Waals surface area contributed by atoms with Crippen molar-refractivity contribution in [3.05, 3.63) is 46.5 Å². The topological polar surface area (TPSA) is 29.9 Å². The zero-order valence-corrected chi connectivity index (χ0v) is 11.2. The zero-order chi connectivity index (χ0) is 13.3. The summed E-state index contributed by atoms with van der Waals surface area (Å²) >= 11 is 0. The lowest BCUT2D eigenvalue weighted by atomic mass is 10.1. The molecule has 0 aliphatic heterocycles. The molecule has 3 nitrogen and oxygen atoms in total. The van der Waals surface area contributed by atoms with Crippen LogP contribution >= 0.6 is 0 Å². The van der Waals surface area contributed by atoms with Gasteiger partial charge < -0.3 is 5.32 Å². The predicted octanol–water partition coefficient (Wildman–Crippen LogP) is 3.10. The minimum Gasteiger partial charge on any atom is -0.381 e. The maximum atomic E-state index is 13.0. The Morgan fingerprint density at radius 2 is 2.00 bits per heavy atom. The van der Waals surface area contributed by atoms with Crippen molar-refractivity contribution in [1.29, 1.82) is 0 Å². The van der Waals surface area contributed by atoms with Crippen molar-refractivity contribution in [3.63, 3.8) is 0 Å². The Labute approximate surface area is 107 Å². The molecule has 1 aromatic heterocycles. The molecule has 0 unspecified atom stereocenters. The van der Waals surface area contributed by atoms with Crippen molar-refractivity contribution in [2.75, 3.05) is 5.32 Å². The molecule has 4 heteroatoms. The molecule has 96 valence electrons. The van der Waals surface area contributed by atoms with Crippen LogP contribution in [0.3, 0.4) is 0 Å². The number of aryl methyl sites for hydroxylation is 3. The van der Waals surface area contributed by atoms with E-state index in [0.717, 1.165) is 22.6 Å². The summed E-state index contributed by atoms with van der Waals surface area (Å²) in [5, 5.41) is 7.71. The number of rotatable bonds is 3. The standard InChI is InChI=1S/C14H18FN3/c1-9-7-12(15)5-6-14(9)16-8-13-10(2)17-18(4)11(13)3/h5-7,16H,8H2,1-4H3. The predicted molar refractivity (Wildman–Crippen MR) is 71.1 cm³/mol. The van der Waals surface area contributed by atoms with E-state index in [4.69, 9.17) is 0 Å². The van der Waals surface area contributed by atoms with Crippen LogP contribution in [0.15, 0.2) is 18.2 Å². The monoisotopic (exact) mass is 247 g/mol. The molecule has 0 amide bonds. The molecule has 0 bridgehead atoms. The average Bonchev–Trinajstić information content (AvgIpc) is 2.53. The van der Waals surface area contributed by atoms with Crippen LogP contribution in [0.4, 0.5) is 10.1 Å². The molecule has 0 saturated heterocycles. The number of nitrogens with zero attached hydrogens (tertiary/aromatic N) is 2. The van der Waals surface area contributed by atoms with E-state index in [-0.39, 0.29) is 5.82 Å². The van der Waals surface area contributed by atoms with Crippen LogP contribution < -0.4 is 5.32 Å². The molecule has 1 N–H and O–H groups in total. The Morgan fingerprint density at radius 3 is 2.56 bits per heavy atom. The molecule has 0 spiro atoms. The van der Waals surface area contributed by atoms with Crippen LogP contribution in [0.2, 0.25) is 0 Å². The molecule has 0 aliphatic rings. The summed E-state index contributed by atoms with van der Waals surface area (Å²) in [5.74, 6) is -0.202. The number of aromatic nitrogens is 2. The minimum absolute atomic E-state index is 0.202. The average molecular weight is 247 g/mol. The molecule has 0 radical (unpaired) electrons. The van der Waals surface area contributed by atoms with E-state index in [9.17, 15) is 4.39 Å². The Morgan fingerprint density at radius 1 is 1.28 bits per heavy atom. The van der Waals surface area contributed by atoms with Crippen molar-refractivity contribution >= 4 is 5.69 Å². The zero-order valence-electron chi connectivity index (χ0n) is 11.2. The quantitative estimate of drug-likeness (QED) is 0.903. The van der Waals surface area contributed by atoms with Crippen molar-refractivity contribution < 1.29 is 4.39 Å². The third kappa shape index (κ3) is 2.37. The summed E-state index contributed by atoms with van der Waals surface area (Å²) < 4.78 is 14.9. The molecule has 1 heterocycles. The van der Waals surface area contributed by atoms with Gasteiger partial charge in [0.15, 0.2) is 0 Å². The first kappa shape index (κ1) is 12.6. The lowest BCUT2D eigenvalue weighted by molar-refractivity contribution is 0.627. The molecule has 2 rings (SSSR count). The van der Waals surface area contributed by atoms with E-state index < -0.39 is 0 Å². The van der Waals surface area contributed by atoms with Gasteiger partial charge in [-0.25, -0.2) is 4.39 Å². The molecule has 18 heavy (non-hydrogen) atoms. The first-order chi connectivity index (χ1) is 8.49. The normalized spacial score (nSPS) is 10.7. The van der Waals surface area contributed by atoms with Gasteiger partial charge in [-0.3, -0.25) is 4.68 Å². The molecule has 0 fully saturated rings. The van der Waals surface area contributed by atoms with Crippen LogP contribution in [0.25, 0.3) is 0 Å². The van der Waals surface area contributed by atoms with Gasteiger partial charge in [0, 0.05) is 30.5 Å². The second-order valence-electron chi connectivity index (χ2n) is 4.59. The van der Waals surface area contributed by atoms with Gasteiger partial charge in [0.05, 0.1) is 5.69 Å². The first-order valence-electron chi connectivity index (χ1n) is 5.98. The molecule has 2 aromatic rings. The fourth-order valence-electron chi connectivity index (χ4n) is 2.08. The van der Waals surface area contributed by atoms with Crippen molar-refractivity contribution in [2.45, 2.75) is 27.3 Å². The molecule has 0 atom stereocenters. The Kier molecular flexibility index (Phi) is 3.36. The molecule has 0 saturated carbocycles. The summed E-state index contributed by atoms with van der Waals surface area (Å²) in [6.07, 6.45) is 0. The van der Waals surface area contributed by atoms with Gasteiger partial charge >= 0.3 is 0 Å². The number of benzene rings is 1. The maximum absolute atomic E-state index is 13.0. The van der Waals surface area contributed by atoms with E-state index >= 15 is 0 Å². The van der Waals surface area contributed by atoms with Gasteiger partial charge in [-0.05, 0) is 44.5 Å². The van der Waals surface area contributed by atoms with Crippen molar-refractivity contribution in [3.8, 4) is 0 Å². The Balaban J connectivity index is 2.16. The van der Waals surface area contributed by atoms with Crippen molar-refractivity contribution in [2.24, 2.45) is 7.05 Å². The van der Waals surface area contributed by atoms with Crippen LogP contribution in [-0.4, -0.2) is 9.78 Å². The maximum Gasteiger partial charge on any atom is 0.123 e. The van der Waals surface area contributed by atoms with Crippen LogP contribution in [0.1, 0.15) is 22.5 Å². The van der Waals surface area contributed by atoms with E-state index in [1.54, 1.807) is 6.07 Å². The van der Waals surface area contributed by atoms with Crippen LogP contribution in [0.5, 0.6) is 0 Å². The highest BCUT2D eigenvalue weighted by Gasteiger charge is 2.09. The fourth-order valence-corrected chi connectivity index (χ4v) is 2.08. The molecular weight excluding hydrogens is 229 g/mol. The highest BCUT2D eigenvalue weighted by Crippen LogP contribution is 2.18. The van der Waals surface area contributed by atoms with Gasteiger partial charge in [0.2, 0.25) is 0 Å².